The standard InChI is InChI=1S/C13H15N3O2/c1-2-5-10(6-3-1)14-9-12-15-13(16-18-12)11-7-4-8-17-11/h1-3,5-6,11,14H,4,7-9H2. The number of para-hydroxylation sites is 1. The van der Waals surface area contributed by atoms with Gasteiger partial charge in [0, 0.05) is 12.3 Å². The van der Waals surface area contributed by atoms with E-state index in [4.69, 9.17) is 9.26 Å². The van der Waals surface area contributed by atoms with Crippen LogP contribution in [0.3, 0.4) is 0 Å². The van der Waals surface area contributed by atoms with Gasteiger partial charge in [-0.3, -0.25) is 0 Å². The van der Waals surface area contributed by atoms with Crippen LogP contribution < -0.4 is 5.32 Å². The molecule has 94 valence electrons. The Labute approximate surface area is 105 Å². The molecule has 1 unspecified atom stereocenters. The normalized spacial score (nSPS) is 19.0. The second-order valence-corrected chi connectivity index (χ2v) is 4.27. The van der Waals surface area contributed by atoms with Crippen LogP contribution in [0.2, 0.25) is 0 Å². The summed E-state index contributed by atoms with van der Waals surface area (Å²) in [6.07, 6.45) is 2.06. The van der Waals surface area contributed by atoms with Crippen molar-refractivity contribution in [2.75, 3.05) is 11.9 Å². The van der Waals surface area contributed by atoms with Gasteiger partial charge in [-0.1, -0.05) is 23.4 Å². The van der Waals surface area contributed by atoms with Crippen molar-refractivity contribution in [3.8, 4) is 0 Å². The quantitative estimate of drug-likeness (QED) is 0.896. The number of anilines is 1. The van der Waals surface area contributed by atoms with Crippen LogP contribution in [0.25, 0.3) is 0 Å². The van der Waals surface area contributed by atoms with E-state index >= 15 is 0 Å². The molecule has 0 bridgehead atoms. The number of hydrogen-bond donors (Lipinski definition) is 1. The molecule has 0 amide bonds. The van der Waals surface area contributed by atoms with Crippen molar-refractivity contribution in [1.29, 1.82) is 0 Å². The molecule has 2 aromatic rings. The predicted octanol–water partition coefficient (Wildman–Crippen LogP) is 2.53. The summed E-state index contributed by atoms with van der Waals surface area (Å²) in [6.45, 7) is 1.32. The van der Waals surface area contributed by atoms with Crippen molar-refractivity contribution in [3.05, 3.63) is 42.0 Å². The van der Waals surface area contributed by atoms with Crippen LogP contribution in [0, 0.1) is 0 Å². The number of nitrogens with zero attached hydrogens (tertiary/aromatic N) is 2. The van der Waals surface area contributed by atoms with Crippen molar-refractivity contribution in [3.63, 3.8) is 0 Å². The summed E-state index contributed by atoms with van der Waals surface area (Å²) in [5.41, 5.74) is 1.04. The Morgan fingerprint density at radius 1 is 1.28 bits per heavy atom. The lowest BCUT2D eigenvalue weighted by molar-refractivity contribution is 0.103. The summed E-state index contributed by atoms with van der Waals surface area (Å²) in [6, 6.07) is 9.93. The van der Waals surface area contributed by atoms with E-state index in [1.165, 1.54) is 0 Å². The summed E-state index contributed by atoms with van der Waals surface area (Å²) in [7, 11) is 0. The molecular formula is C13H15N3O2. The van der Waals surface area contributed by atoms with Crippen molar-refractivity contribution in [1.82, 2.24) is 10.1 Å². The van der Waals surface area contributed by atoms with E-state index in [1.807, 2.05) is 30.3 Å². The van der Waals surface area contributed by atoms with Gasteiger partial charge in [0.1, 0.15) is 6.10 Å². The monoisotopic (exact) mass is 245 g/mol. The Hall–Kier alpha value is -1.88. The number of ether oxygens (including phenoxy) is 1. The predicted molar refractivity (Wildman–Crippen MR) is 66.0 cm³/mol. The van der Waals surface area contributed by atoms with E-state index < -0.39 is 0 Å². The third kappa shape index (κ3) is 2.51. The van der Waals surface area contributed by atoms with Gasteiger partial charge in [-0.2, -0.15) is 4.98 Å². The average molecular weight is 245 g/mol. The number of hydrogen-bond acceptors (Lipinski definition) is 5. The lowest BCUT2D eigenvalue weighted by Crippen LogP contribution is -2.01. The van der Waals surface area contributed by atoms with Gasteiger partial charge < -0.3 is 14.6 Å². The highest BCUT2D eigenvalue weighted by Crippen LogP contribution is 2.26. The molecule has 1 fully saturated rings. The first-order chi connectivity index (χ1) is 8.92. The Morgan fingerprint density at radius 2 is 2.17 bits per heavy atom. The number of nitrogens with one attached hydrogen (secondary N) is 1. The van der Waals surface area contributed by atoms with Crippen LogP contribution in [0.5, 0.6) is 0 Å². The van der Waals surface area contributed by atoms with Crippen LogP contribution in [0.1, 0.15) is 30.7 Å². The molecule has 2 heterocycles. The smallest absolute Gasteiger partial charge is 0.246 e. The summed E-state index contributed by atoms with van der Waals surface area (Å²) < 4.78 is 10.7. The fourth-order valence-corrected chi connectivity index (χ4v) is 1.99. The minimum absolute atomic E-state index is 0.0132. The van der Waals surface area contributed by atoms with Gasteiger partial charge in [-0.15, -0.1) is 0 Å². The molecule has 0 saturated carbocycles. The van der Waals surface area contributed by atoms with Crippen LogP contribution >= 0.6 is 0 Å². The molecule has 0 radical (unpaired) electrons. The minimum Gasteiger partial charge on any atom is -0.376 e. The van der Waals surface area contributed by atoms with E-state index in [0.29, 0.717) is 18.3 Å². The van der Waals surface area contributed by atoms with E-state index in [9.17, 15) is 0 Å². The highest BCUT2D eigenvalue weighted by molar-refractivity contribution is 5.42. The van der Waals surface area contributed by atoms with Gasteiger partial charge >= 0.3 is 0 Å². The first-order valence-electron chi connectivity index (χ1n) is 6.15. The molecule has 0 aliphatic carbocycles. The number of rotatable bonds is 4. The molecule has 0 spiro atoms. The van der Waals surface area contributed by atoms with E-state index in [2.05, 4.69) is 15.5 Å². The molecule has 1 aromatic heterocycles. The Kier molecular flexibility index (Phi) is 3.23. The molecule has 1 aromatic carbocycles. The Bertz CT molecular complexity index is 492. The summed E-state index contributed by atoms with van der Waals surface area (Å²) in [5.74, 6) is 1.25. The SMILES string of the molecule is c1ccc(NCc2nc(C3CCCO3)no2)cc1. The molecular weight excluding hydrogens is 230 g/mol. The fourth-order valence-electron chi connectivity index (χ4n) is 1.99. The lowest BCUT2D eigenvalue weighted by Gasteiger charge is -2.02. The van der Waals surface area contributed by atoms with E-state index in [1.54, 1.807) is 0 Å². The van der Waals surface area contributed by atoms with Crippen molar-refractivity contribution >= 4 is 5.69 Å². The second kappa shape index (κ2) is 5.18. The third-order valence-electron chi connectivity index (χ3n) is 2.92. The molecule has 1 saturated heterocycles. The maximum atomic E-state index is 5.51. The zero-order chi connectivity index (χ0) is 12.2. The van der Waals surface area contributed by atoms with Gasteiger partial charge in [0.25, 0.3) is 0 Å². The molecule has 1 atom stereocenters. The van der Waals surface area contributed by atoms with Crippen LogP contribution in [-0.2, 0) is 11.3 Å². The molecule has 5 heteroatoms. The zero-order valence-electron chi connectivity index (χ0n) is 10.0. The maximum absolute atomic E-state index is 5.51. The van der Waals surface area contributed by atoms with Gasteiger partial charge in [0.15, 0.2) is 0 Å². The van der Waals surface area contributed by atoms with Crippen molar-refractivity contribution in [2.24, 2.45) is 0 Å². The molecule has 1 N–H and O–H groups in total. The Morgan fingerprint density at radius 3 is 2.94 bits per heavy atom. The fraction of sp³-hybridized carbons (Fsp3) is 0.385. The molecule has 3 rings (SSSR count). The minimum atomic E-state index is 0.0132. The second-order valence-electron chi connectivity index (χ2n) is 4.27. The average Bonchev–Trinajstić information content (AvgIpc) is 3.08. The van der Waals surface area contributed by atoms with Crippen LogP contribution in [0.4, 0.5) is 5.69 Å². The third-order valence-corrected chi connectivity index (χ3v) is 2.92. The first-order valence-corrected chi connectivity index (χ1v) is 6.15. The van der Waals surface area contributed by atoms with Crippen molar-refractivity contribution < 1.29 is 9.26 Å². The lowest BCUT2D eigenvalue weighted by atomic mass is 10.2. The van der Waals surface area contributed by atoms with E-state index in [0.717, 1.165) is 25.1 Å². The topological polar surface area (TPSA) is 60.2 Å². The number of aromatic nitrogens is 2. The highest BCUT2D eigenvalue weighted by Gasteiger charge is 2.22. The van der Waals surface area contributed by atoms with Crippen LogP contribution in [-0.4, -0.2) is 16.7 Å². The summed E-state index contributed by atoms with van der Waals surface area (Å²) in [4.78, 5) is 4.34. The van der Waals surface area contributed by atoms with Gasteiger partial charge in [-0.05, 0) is 25.0 Å². The van der Waals surface area contributed by atoms with Gasteiger partial charge in [0.05, 0.1) is 6.54 Å². The van der Waals surface area contributed by atoms with Gasteiger partial charge in [0.2, 0.25) is 11.7 Å². The largest absolute Gasteiger partial charge is 0.376 e. The van der Waals surface area contributed by atoms with Crippen LogP contribution in [0.15, 0.2) is 34.9 Å². The summed E-state index contributed by atoms with van der Waals surface area (Å²) in [5, 5.41) is 7.19. The van der Waals surface area contributed by atoms with Gasteiger partial charge in [-0.25, -0.2) is 0 Å². The first kappa shape index (κ1) is 11.2. The molecule has 1 aliphatic rings. The Balaban J connectivity index is 1.60. The molecule has 5 nitrogen and oxygen atoms in total. The van der Waals surface area contributed by atoms with Crippen molar-refractivity contribution in [2.45, 2.75) is 25.5 Å². The molecule has 1 aliphatic heterocycles. The highest BCUT2D eigenvalue weighted by atomic mass is 16.5. The van der Waals surface area contributed by atoms with E-state index in [-0.39, 0.29) is 6.10 Å². The zero-order valence-corrected chi connectivity index (χ0v) is 10.0. The maximum Gasteiger partial charge on any atom is 0.246 e. The number of benzene rings is 1. The molecule has 18 heavy (non-hydrogen) atoms. The summed E-state index contributed by atoms with van der Waals surface area (Å²) >= 11 is 0.